The molecule has 9 heteroatoms. The van der Waals surface area contributed by atoms with Crippen LogP contribution in [0.1, 0.15) is 72.4 Å². The molecule has 41 heavy (non-hydrogen) atoms. The SMILES string of the molecule is CCCN(CCC)C(=O)c1cncc(C(=O)NC(Cc2cc(F)cc(F)c2)C(O)CNC(C)(C)c2ccccc2)c1. The third-order valence-electron chi connectivity index (χ3n) is 6.93. The molecule has 7 nitrogen and oxygen atoms in total. The molecule has 0 saturated carbocycles. The minimum absolute atomic E-state index is 0.0259. The van der Waals surface area contributed by atoms with E-state index >= 15 is 0 Å². The van der Waals surface area contributed by atoms with Gasteiger partial charge in [-0.3, -0.25) is 14.6 Å². The van der Waals surface area contributed by atoms with Gasteiger partial charge in [-0.15, -0.1) is 0 Å². The Balaban J connectivity index is 1.82. The van der Waals surface area contributed by atoms with E-state index in [4.69, 9.17) is 0 Å². The Kier molecular flexibility index (Phi) is 11.5. The second-order valence-electron chi connectivity index (χ2n) is 10.8. The van der Waals surface area contributed by atoms with Crippen LogP contribution in [0.2, 0.25) is 0 Å². The zero-order valence-corrected chi connectivity index (χ0v) is 24.2. The van der Waals surface area contributed by atoms with Crippen LogP contribution >= 0.6 is 0 Å². The molecule has 2 aromatic carbocycles. The second-order valence-corrected chi connectivity index (χ2v) is 10.8. The lowest BCUT2D eigenvalue weighted by Gasteiger charge is -2.31. The molecule has 0 radical (unpaired) electrons. The first-order chi connectivity index (χ1) is 19.5. The Morgan fingerprint density at radius 2 is 1.56 bits per heavy atom. The molecular weight excluding hydrogens is 526 g/mol. The molecule has 3 aromatic rings. The molecule has 1 heterocycles. The van der Waals surface area contributed by atoms with E-state index in [1.807, 2.05) is 58.0 Å². The Hall–Kier alpha value is -3.69. The number of benzene rings is 2. The van der Waals surface area contributed by atoms with Gasteiger partial charge in [-0.2, -0.15) is 0 Å². The van der Waals surface area contributed by atoms with Crippen LogP contribution < -0.4 is 10.6 Å². The van der Waals surface area contributed by atoms with Crippen molar-refractivity contribution in [1.29, 1.82) is 0 Å². The maximum Gasteiger partial charge on any atom is 0.255 e. The van der Waals surface area contributed by atoms with Crippen LogP contribution in [0.4, 0.5) is 8.78 Å². The molecule has 3 N–H and O–H groups in total. The van der Waals surface area contributed by atoms with Crippen molar-refractivity contribution in [3.8, 4) is 0 Å². The van der Waals surface area contributed by atoms with E-state index in [0.29, 0.717) is 13.1 Å². The summed E-state index contributed by atoms with van der Waals surface area (Å²) in [4.78, 5) is 32.2. The van der Waals surface area contributed by atoms with Gasteiger partial charge >= 0.3 is 0 Å². The summed E-state index contributed by atoms with van der Waals surface area (Å²) in [5.74, 6) is -2.27. The Morgan fingerprint density at radius 1 is 0.951 bits per heavy atom. The van der Waals surface area contributed by atoms with Gasteiger partial charge < -0.3 is 20.6 Å². The highest BCUT2D eigenvalue weighted by Gasteiger charge is 2.27. The number of halogens is 2. The molecule has 0 saturated heterocycles. The lowest BCUT2D eigenvalue weighted by Crippen LogP contribution is -2.51. The minimum atomic E-state index is -1.12. The van der Waals surface area contributed by atoms with Gasteiger partial charge in [-0.25, -0.2) is 8.78 Å². The highest BCUT2D eigenvalue weighted by atomic mass is 19.1. The van der Waals surface area contributed by atoms with Gasteiger partial charge in [0.05, 0.1) is 23.3 Å². The number of aromatic nitrogens is 1. The zero-order valence-electron chi connectivity index (χ0n) is 24.2. The van der Waals surface area contributed by atoms with Crippen molar-refractivity contribution in [2.45, 2.75) is 64.6 Å². The van der Waals surface area contributed by atoms with Gasteiger partial charge in [-0.1, -0.05) is 44.2 Å². The number of hydrogen-bond acceptors (Lipinski definition) is 5. The summed E-state index contributed by atoms with van der Waals surface area (Å²) in [6.07, 6.45) is 3.23. The number of amides is 2. The summed E-state index contributed by atoms with van der Waals surface area (Å²) in [6, 6.07) is 13.4. The van der Waals surface area contributed by atoms with Crippen molar-refractivity contribution in [1.82, 2.24) is 20.5 Å². The number of nitrogens with one attached hydrogen (secondary N) is 2. The highest BCUT2D eigenvalue weighted by Crippen LogP contribution is 2.20. The van der Waals surface area contributed by atoms with Crippen molar-refractivity contribution >= 4 is 11.8 Å². The third-order valence-corrected chi connectivity index (χ3v) is 6.93. The van der Waals surface area contributed by atoms with Crippen LogP contribution in [0.3, 0.4) is 0 Å². The van der Waals surface area contributed by atoms with E-state index in [9.17, 15) is 23.5 Å². The largest absolute Gasteiger partial charge is 0.390 e. The van der Waals surface area contributed by atoms with Gasteiger partial charge in [0.25, 0.3) is 11.8 Å². The van der Waals surface area contributed by atoms with Crippen LogP contribution in [0.15, 0.2) is 67.0 Å². The molecule has 0 bridgehead atoms. The number of nitrogens with zero attached hydrogens (tertiary/aromatic N) is 2. The molecule has 0 aliphatic carbocycles. The van der Waals surface area contributed by atoms with E-state index in [-0.39, 0.29) is 35.6 Å². The number of hydrogen-bond donors (Lipinski definition) is 3. The number of aliphatic hydroxyl groups excluding tert-OH is 1. The van der Waals surface area contributed by atoms with Crippen molar-refractivity contribution in [2.24, 2.45) is 0 Å². The van der Waals surface area contributed by atoms with Crippen LogP contribution in [0.5, 0.6) is 0 Å². The number of aliphatic hydroxyl groups is 1. The van der Waals surface area contributed by atoms with Crippen molar-refractivity contribution in [3.05, 3.63) is 101 Å². The lowest BCUT2D eigenvalue weighted by atomic mass is 9.93. The summed E-state index contributed by atoms with van der Waals surface area (Å²) < 4.78 is 27.9. The zero-order chi connectivity index (χ0) is 30.0. The molecule has 3 rings (SSSR count). The summed E-state index contributed by atoms with van der Waals surface area (Å²) in [5, 5.41) is 17.3. The quantitative estimate of drug-likeness (QED) is 0.259. The van der Waals surface area contributed by atoms with Gasteiger partial charge in [0, 0.05) is 43.6 Å². The van der Waals surface area contributed by atoms with Crippen molar-refractivity contribution in [2.75, 3.05) is 19.6 Å². The lowest BCUT2D eigenvalue weighted by molar-refractivity contribution is 0.0755. The van der Waals surface area contributed by atoms with E-state index < -0.39 is 35.2 Å². The fourth-order valence-electron chi connectivity index (χ4n) is 4.69. The monoisotopic (exact) mass is 566 g/mol. The van der Waals surface area contributed by atoms with E-state index in [1.54, 1.807) is 4.90 Å². The van der Waals surface area contributed by atoms with E-state index in [2.05, 4.69) is 15.6 Å². The third kappa shape index (κ3) is 9.16. The predicted octanol–water partition coefficient (Wildman–Crippen LogP) is 4.85. The molecule has 2 amide bonds. The number of carbonyl (C=O) groups excluding carboxylic acids is 2. The summed E-state index contributed by atoms with van der Waals surface area (Å²) in [5.41, 5.74) is 1.22. The molecule has 1 aromatic heterocycles. The molecule has 0 aliphatic heterocycles. The summed E-state index contributed by atoms with van der Waals surface area (Å²) >= 11 is 0. The maximum atomic E-state index is 13.9. The fourth-order valence-corrected chi connectivity index (χ4v) is 4.69. The Bertz CT molecular complexity index is 1280. The fraction of sp³-hybridized carbons (Fsp3) is 0.406. The van der Waals surface area contributed by atoms with Crippen molar-refractivity contribution in [3.63, 3.8) is 0 Å². The molecule has 0 fully saturated rings. The second kappa shape index (κ2) is 14.8. The first-order valence-electron chi connectivity index (χ1n) is 14.0. The smallest absolute Gasteiger partial charge is 0.255 e. The normalized spacial score (nSPS) is 13.0. The topological polar surface area (TPSA) is 94.6 Å². The standard InChI is InChI=1S/C32H40F2N4O3/c1-5-12-38(13-6-2)31(41)24-17-23(19-35-20-24)30(40)37-28(16-22-14-26(33)18-27(34)15-22)29(39)21-36-32(3,4)25-10-8-7-9-11-25/h7-11,14-15,17-20,28-29,36,39H,5-6,12-13,16,21H2,1-4H3,(H,37,40). The summed E-state index contributed by atoms with van der Waals surface area (Å²) in [7, 11) is 0. The molecule has 2 atom stereocenters. The van der Waals surface area contributed by atoms with Crippen LogP contribution in [-0.2, 0) is 12.0 Å². The average molecular weight is 567 g/mol. The number of carbonyl (C=O) groups is 2. The van der Waals surface area contributed by atoms with Gasteiger partial charge in [0.1, 0.15) is 11.6 Å². The van der Waals surface area contributed by atoms with Crippen molar-refractivity contribution < 1.29 is 23.5 Å². The van der Waals surface area contributed by atoms with E-state index in [1.165, 1.54) is 30.6 Å². The Morgan fingerprint density at radius 3 is 2.17 bits per heavy atom. The van der Waals surface area contributed by atoms with Crippen LogP contribution in [0.25, 0.3) is 0 Å². The van der Waals surface area contributed by atoms with Crippen LogP contribution in [0, 0.1) is 11.6 Å². The molecular formula is C32H40F2N4O3. The average Bonchev–Trinajstić information content (AvgIpc) is 2.95. The number of rotatable bonds is 14. The maximum absolute atomic E-state index is 13.9. The summed E-state index contributed by atoms with van der Waals surface area (Å²) in [6.45, 7) is 9.19. The molecule has 0 aliphatic rings. The highest BCUT2D eigenvalue weighted by molar-refractivity contribution is 5.99. The number of pyridine rings is 1. The predicted molar refractivity (Wildman–Crippen MR) is 156 cm³/mol. The van der Waals surface area contributed by atoms with E-state index in [0.717, 1.165) is 24.5 Å². The first kappa shape index (κ1) is 31.8. The van der Waals surface area contributed by atoms with Gasteiger partial charge in [0.15, 0.2) is 0 Å². The Labute approximate surface area is 241 Å². The van der Waals surface area contributed by atoms with Gasteiger partial charge in [0.2, 0.25) is 0 Å². The molecule has 2 unspecified atom stereocenters. The van der Waals surface area contributed by atoms with Gasteiger partial charge in [-0.05, 0) is 62.4 Å². The van der Waals surface area contributed by atoms with Crippen LogP contribution in [-0.4, -0.2) is 58.6 Å². The molecule has 220 valence electrons. The molecule has 0 spiro atoms. The first-order valence-corrected chi connectivity index (χ1v) is 14.0. The minimum Gasteiger partial charge on any atom is -0.390 e.